The van der Waals surface area contributed by atoms with E-state index in [1.54, 1.807) is 6.92 Å². The van der Waals surface area contributed by atoms with Gasteiger partial charge in [-0.15, -0.1) is 0 Å². The lowest BCUT2D eigenvalue weighted by atomic mass is 10.1. The van der Waals surface area contributed by atoms with Gasteiger partial charge in [0.05, 0.1) is 12.4 Å². The van der Waals surface area contributed by atoms with Gasteiger partial charge in [-0.1, -0.05) is 0 Å². The van der Waals surface area contributed by atoms with Gasteiger partial charge in [-0.2, -0.15) is 0 Å². The predicted octanol–water partition coefficient (Wildman–Crippen LogP) is 1.38. The van der Waals surface area contributed by atoms with Gasteiger partial charge < -0.3 is 4.74 Å². The lowest BCUT2D eigenvalue weighted by Crippen LogP contribution is -2.22. The Hall–Kier alpha value is -1.76. The molecule has 1 aromatic rings. The lowest BCUT2D eigenvalue weighted by molar-refractivity contribution is -0.139. The molecule has 0 aliphatic rings. The van der Waals surface area contributed by atoms with Crippen LogP contribution in [0.1, 0.15) is 23.7 Å². The smallest absolute Gasteiger partial charge is 0.321 e. The summed E-state index contributed by atoms with van der Waals surface area (Å²) in [4.78, 5) is 22.8. The third-order valence-corrected chi connectivity index (χ3v) is 3.95. The molecule has 0 N–H and O–H groups in total. The van der Waals surface area contributed by atoms with Crippen LogP contribution >= 0.6 is 0 Å². The van der Waals surface area contributed by atoms with Gasteiger partial charge in [-0.25, -0.2) is 12.8 Å². The number of ketones is 1. The molecule has 20 heavy (non-hydrogen) atoms. The van der Waals surface area contributed by atoms with E-state index in [9.17, 15) is 22.4 Å². The van der Waals surface area contributed by atoms with E-state index in [1.807, 2.05) is 0 Å². The molecule has 1 rings (SSSR count). The van der Waals surface area contributed by atoms with Gasteiger partial charge in [0, 0.05) is 12.0 Å². The van der Waals surface area contributed by atoms with Gasteiger partial charge in [0.25, 0.3) is 0 Å². The van der Waals surface area contributed by atoms with Crippen molar-refractivity contribution in [1.82, 2.24) is 0 Å². The maximum Gasteiger partial charge on any atom is 0.321 e. The van der Waals surface area contributed by atoms with E-state index in [1.165, 1.54) is 12.1 Å². The molecule has 0 unspecified atom stereocenters. The minimum Gasteiger partial charge on any atom is -0.465 e. The zero-order valence-electron chi connectivity index (χ0n) is 11.0. The molecule has 0 amide bonds. The highest BCUT2D eigenvalue weighted by Gasteiger charge is 2.19. The molecular formula is C13H15FO5S. The maximum absolute atomic E-state index is 12.7. The van der Waals surface area contributed by atoms with Crippen LogP contribution in [0.4, 0.5) is 4.39 Å². The maximum atomic E-state index is 12.7. The van der Waals surface area contributed by atoms with Crippen LogP contribution in [0.5, 0.6) is 0 Å². The van der Waals surface area contributed by atoms with Crippen molar-refractivity contribution in [2.75, 3.05) is 18.1 Å². The number of hydrogen-bond donors (Lipinski definition) is 0. The Labute approximate surface area is 116 Å². The molecule has 0 aromatic heterocycles. The van der Waals surface area contributed by atoms with Crippen molar-refractivity contribution in [3.05, 3.63) is 35.6 Å². The van der Waals surface area contributed by atoms with Crippen molar-refractivity contribution in [3.8, 4) is 0 Å². The first-order valence-electron chi connectivity index (χ1n) is 5.99. The first-order valence-corrected chi connectivity index (χ1v) is 7.81. The summed E-state index contributed by atoms with van der Waals surface area (Å²) < 4.78 is 40.4. The number of carbonyl (C=O) groups is 2. The summed E-state index contributed by atoms with van der Waals surface area (Å²) >= 11 is 0. The van der Waals surface area contributed by atoms with Crippen LogP contribution in [-0.2, 0) is 19.4 Å². The number of carbonyl (C=O) groups excluding carboxylic acids is 2. The SMILES string of the molecule is CCOC(=O)CS(=O)(=O)CCC(=O)c1ccc(F)cc1. The number of esters is 1. The topological polar surface area (TPSA) is 77.5 Å². The molecule has 0 radical (unpaired) electrons. The summed E-state index contributed by atoms with van der Waals surface area (Å²) in [5.74, 6) is -2.91. The second kappa shape index (κ2) is 7.14. The van der Waals surface area contributed by atoms with Gasteiger partial charge in [0.1, 0.15) is 11.6 Å². The highest BCUT2D eigenvalue weighted by molar-refractivity contribution is 7.92. The number of rotatable bonds is 7. The first-order chi connectivity index (χ1) is 9.34. The number of sulfone groups is 1. The molecule has 0 heterocycles. The number of halogens is 1. The summed E-state index contributed by atoms with van der Waals surface area (Å²) in [7, 11) is -3.68. The average Bonchev–Trinajstić information content (AvgIpc) is 2.36. The second-order valence-electron chi connectivity index (χ2n) is 4.08. The minimum absolute atomic E-state index is 0.100. The van der Waals surface area contributed by atoms with Crippen molar-refractivity contribution in [3.63, 3.8) is 0 Å². The first kappa shape index (κ1) is 16.3. The Morgan fingerprint density at radius 2 is 1.80 bits per heavy atom. The largest absolute Gasteiger partial charge is 0.465 e. The Morgan fingerprint density at radius 3 is 2.35 bits per heavy atom. The van der Waals surface area contributed by atoms with E-state index in [-0.39, 0.29) is 18.6 Å². The standard InChI is InChI=1S/C13H15FO5S/c1-2-19-13(16)9-20(17,18)8-7-12(15)10-3-5-11(14)6-4-10/h3-6H,2,7-9H2,1H3. The molecule has 0 bridgehead atoms. The van der Waals surface area contributed by atoms with Gasteiger partial charge in [0.2, 0.25) is 0 Å². The molecule has 0 atom stereocenters. The quantitative estimate of drug-likeness (QED) is 0.561. The zero-order chi connectivity index (χ0) is 15.2. The van der Waals surface area contributed by atoms with Gasteiger partial charge >= 0.3 is 5.97 Å². The molecule has 7 heteroatoms. The predicted molar refractivity (Wildman–Crippen MR) is 70.6 cm³/mol. The fourth-order valence-electron chi connectivity index (χ4n) is 1.48. The molecule has 0 aliphatic carbocycles. The third kappa shape index (κ3) is 5.48. The van der Waals surface area contributed by atoms with E-state index in [0.717, 1.165) is 12.1 Å². The van der Waals surface area contributed by atoms with E-state index >= 15 is 0 Å². The van der Waals surface area contributed by atoms with Crippen LogP contribution in [0.3, 0.4) is 0 Å². The summed E-state index contributed by atoms with van der Waals surface area (Å²) in [6, 6.07) is 4.83. The number of Topliss-reactive ketones (excluding diaryl/α,β-unsaturated/α-hetero) is 1. The lowest BCUT2D eigenvalue weighted by Gasteiger charge is -2.04. The minimum atomic E-state index is -3.68. The Balaban J connectivity index is 2.55. The highest BCUT2D eigenvalue weighted by atomic mass is 32.2. The average molecular weight is 302 g/mol. The number of hydrogen-bond acceptors (Lipinski definition) is 5. The normalized spacial score (nSPS) is 11.1. The van der Waals surface area contributed by atoms with E-state index in [0.29, 0.717) is 0 Å². The van der Waals surface area contributed by atoms with Crippen molar-refractivity contribution < 1.29 is 27.1 Å². The van der Waals surface area contributed by atoms with Crippen LogP contribution in [0.2, 0.25) is 0 Å². The van der Waals surface area contributed by atoms with Crippen molar-refractivity contribution >= 4 is 21.6 Å². The Kier molecular flexibility index (Phi) is 5.82. The Morgan fingerprint density at radius 1 is 1.20 bits per heavy atom. The molecule has 5 nitrogen and oxygen atoms in total. The van der Waals surface area contributed by atoms with Crippen LogP contribution in [0.25, 0.3) is 0 Å². The van der Waals surface area contributed by atoms with E-state index < -0.39 is 38.9 Å². The number of ether oxygens (including phenoxy) is 1. The van der Waals surface area contributed by atoms with Crippen LogP contribution < -0.4 is 0 Å². The van der Waals surface area contributed by atoms with Gasteiger partial charge in [-0.3, -0.25) is 9.59 Å². The van der Waals surface area contributed by atoms with Crippen LogP contribution in [0, 0.1) is 5.82 Å². The Bertz CT molecular complexity index is 577. The molecule has 0 spiro atoms. The fraction of sp³-hybridized carbons (Fsp3) is 0.385. The molecule has 0 saturated carbocycles. The molecule has 0 fully saturated rings. The van der Waals surface area contributed by atoms with Crippen LogP contribution in [-0.4, -0.2) is 38.3 Å². The summed E-state index contributed by atoms with van der Waals surface area (Å²) in [6.45, 7) is 1.67. The van der Waals surface area contributed by atoms with Crippen LogP contribution in [0.15, 0.2) is 24.3 Å². The summed E-state index contributed by atoms with van der Waals surface area (Å²) in [5, 5.41) is 0. The number of benzene rings is 1. The fourth-order valence-corrected chi connectivity index (χ4v) is 2.57. The summed E-state index contributed by atoms with van der Waals surface area (Å²) in [5.41, 5.74) is 0.234. The van der Waals surface area contributed by atoms with Gasteiger partial charge in [0.15, 0.2) is 15.6 Å². The van der Waals surface area contributed by atoms with E-state index in [4.69, 9.17) is 0 Å². The summed E-state index contributed by atoms with van der Waals surface area (Å²) in [6.07, 6.45) is -0.257. The molecule has 0 saturated heterocycles. The second-order valence-corrected chi connectivity index (χ2v) is 6.26. The monoisotopic (exact) mass is 302 g/mol. The molecule has 1 aromatic carbocycles. The third-order valence-electron chi connectivity index (χ3n) is 2.45. The highest BCUT2D eigenvalue weighted by Crippen LogP contribution is 2.07. The molecular weight excluding hydrogens is 287 g/mol. The zero-order valence-corrected chi connectivity index (χ0v) is 11.8. The molecule has 110 valence electrons. The van der Waals surface area contributed by atoms with Crippen molar-refractivity contribution in [2.45, 2.75) is 13.3 Å². The van der Waals surface area contributed by atoms with Crippen molar-refractivity contribution in [1.29, 1.82) is 0 Å². The van der Waals surface area contributed by atoms with Crippen molar-refractivity contribution in [2.24, 2.45) is 0 Å². The van der Waals surface area contributed by atoms with E-state index in [2.05, 4.69) is 4.74 Å². The van der Waals surface area contributed by atoms with Gasteiger partial charge in [-0.05, 0) is 31.2 Å². The molecule has 0 aliphatic heterocycles.